The maximum absolute atomic E-state index is 5.74. The summed E-state index contributed by atoms with van der Waals surface area (Å²) in [6.45, 7) is 7.15. The second kappa shape index (κ2) is 6.60. The van der Waals surface area contributed by atoms with E-state index in [-0.39, 0.29) is 0 Å². The van der Waals surface area contributed by atoms with Crippen LogP contribution >= 0.6 is 0 Å². The zero-order chi connectivity index (χ0) is 12.8. The van der Waals surface area contributed by atoms with E-state index in [0.29, 0.717) is 12.6 Å². The van der Waals surface area contributed by atoms with Gasteiger partial charge in [-0.15, -0.1) is 0 Å². The molecular weight excluding hydrogens is 210 g/mol. The number of hydrogen-bond acceptors (Lipinski definition) is 3. The van der Waals surface area contributed by atoms with Crippen LogP contribution in [0.25, 0.3) is 0 Å². The summed E-state index contributed by atoms with van der Waals surface area (Å²) in [5, 5.41) is 0. The Morgan fingerprint density at radius 2 is 1.88 bits per heavy atom. The molecule has 1 aromatic rings. The first-order valence-corrected chi connectivity index (χ1v) is 6.58. The molecule has 3 heteroatoms. The number of aryl methyl sites for hydroxylation is 1. The standard InChI is InChI=1S/C14H25N3/c1-5-12-8-11(10-15)9-14(16-12)17(4)13(6-2)7-3/h8-9,13H,5-7,10,15H2,1-4H3. The largest absolute Gasteiger partial charge is 0.357 e. The van der Waals surface area contributed by atoms with Crippen molar-refractivity contribution in [3.63, 3.8) is 0 Å². The highest BCUT2D eigenvalue weighted by Crippen LogP contribution is 2.19. The predicted molar refractivity (Wildman–Crippen MR) is 74.3 cm³/mol. The van der Waals surface area contributed by atoms with Crippen LogP contribution in [0.2, 0.25) is 0 Å². The molecule has 96 valence electrons. The van der Waals surface area contributed by atoms with Crippen molar-refractivity contribution in [2.75, 3.05) is 11.9 Å². The molecule has 0 saturated heterocycles. The Hall–Kier alpha value is -1.09. The summed E-state index contributed by atoms with van der Waals surface area (Å²) in [6.07, 6.45) is 3.24. The maximum atomic E-state index is 5.74. The highest BCUT2D eigenvalue weighted by Gasteiger charge is 2.13. The van der Waals surface area contributed by atoms with E-state index in [0.717, 1.165) is 30.8 Å². The first-order valence-electron chi connectivity index (χ1n) is 6.58. The molecule has 0 saturated carbocycles. The molecule has 0 fully saturated rings. The Labute approximate surface area is 105 Å². The lowest BCUT2D eigenvalue weighted by Crippen LogP contribution is -2.31. The summed E-state index contributed by atoms with van der Waals surface area (Å²) < 4.78 is 0. The van der Waals surface area contributed by atoms with Gasteiger partial charge in [0.2, 0.25) is 0 Å². The van der Waals surface area contributed by atoms with Gasteiger partial charge in [-0.2, -0.15) is 0 Å². The number of nitrogens with zero attached hydrogens (tertiary/aromatic N) is 2. The van der Waals surface area contributed by atoms with Crippen LogP contribution in [-0.4, -0.2) is 18.1 Å². The van der Waals surface area contributed by atoms with E-state index in [1.54, 1.807) is 0 Å². The van der Waals surface area contributed by atoms with Crippen molar-refractivity contribution in [1.82, 2.24) is 4.98 Å². The van der Waals surface area contributed by atoms with Gasteiger partial charge in [-0.05, 0) is 37.0 Å². The molecule has 1 rings (SSSR count). The SMILES string of the molecule is CCc1cc(CN)cc(N(C)C(CC)CC)n1. The average molecular weight is 235 g/mol. The third kappa shape index (κ3) is 3.43. The van der Waals surface area contributed by atoms with Gasteiger partial charge in [-0.3, -0.25) is 0 Å². The van der Waals surface area contributed by atoms with Crippen molar-refractivity contribution in [2.45, 2.75) is 52.6 Å². The molecule has 3 nitrogen and oxygen atoms in total. The lowest BCUT2D eigenvalue weighted by atomic mass is 10.1. The fourth-order valence-corrected chi connectivity index (χ4v) is 2.14. The van der Waals surface area contributed by atoms with E-state index in [9.17, 15) is 0 Å². The van der Waals surface area contributed by atoms with Crippen molar-refractivity contribution >= 4 is 5.82 Å². The van der Waals surface area contributed by atoms with Crippen molar-refractivity contribution in [3.8, 4) is 0 Å². The van der Waals surface area contributed by atoms with Crippen molar-refractivity contribution in [3.05, 3.63) is 23.4 Å². The third-order valence-electron chi connectivity index (χ3n) is 3.37. The average Bonchev–Trinajstić information content (AvgIpc) is 2.39. The van der Waals surface area contributed by atoms with Gasteiger partial charge in [0, 0.05) is 25.3 Å². The minimum absolute atomic E-state index is 0.556. The topological polar surface area (TPSA) is 42.1 Å². The van der Waals surface area contributed by atoms with Crippen LogP contribution in [0.3, 0.4) is 0 Å². The van der Waals surface area contributed by atoms with Gasteiger partial charge in [0.25, 0.3) is 0 Å². The highest BCUT2D eigenvalue weighted by atomic mass is 15.2. The summed E-state index contributed by atoms with van der Waals surface area (Å²) in [4.78, 5) is 6.96. The molecule has 0 spiro atoms. The van der Waals surface area contributed by atoms with Crippen molar-refractivity contribution in [1.29, 1.82) is 0 Å². The van der Waals surface area contributed by atoms with Gasteiger partial charge in [-0.25, -0.2) is 4.98 Å². The fraction of sp³-hybridized carbons (Fsp3) is 0.643. The van der Waals surface area contributed by atoms with E-state index in [1.807, 2.05) is 0 Å². The molecule has 1 heterocycles. The first-order chi connectivity index (χ1) is 8.15. The first kappa shape index (κ1) is 14.0. The molecule has 0 bridgehead atoms. The summed E-state index contributed by atoms with van der Waals surface area (Å²) in [5.41, 5.74) is 8.03. The summed E-state index contributed by atoms with van der Waals surface area (Å²) in [7, 11) is 2.12. The molecule has 0 amide bonds. The van der Waals surface area contributed by atoms with E-state index in [2.05, 4.69) is 49.8 Å². The molecule has 17 heavy (non-hydrogen) atoms. The smallest absolute Gasteiger partial charge is 0.129 e. The van der Waals surface area contributed by atoms with E-state index in [1.165, 1.54) is 5.56 Å². The van der Waals surface area contributed by atoms with Crippen LogP contribution < -0.4 is 10.6 Å². The predicted octanol–water partition coefficient (Wildman–Crippen LogP) is 2.73. The molecule has 0 aromatic carbocycles. The molecule has 0 aliphatic heterocycles. The molecule has 1 aromatic heterocycles. The minimum Gasteiger partial charge on any atom is -0.357 e. The van der Waals surface area contributed by atoms with Crippen LogP contribution in [0.15, 0.2) is 12.1 Å². The molecule has 0 atom stereocenters. The van der Waals surface area contributed by atoms with Gasteiger partial charge in [0.1, 0.15) is 5.82 Å². The number of aromatic nitrogens is 1. The molecule has 0 unspecified atom stereocenters. The second-order valence-corrected chi connectivity index (χ2v) is 4.46. The van der Waals surface area contributed by atoms with Crippen LogP contribution in [0.4, 0.5) is 5.82 Å². The minimum atomic E-state index is 0.556. The van der Waals surface area contributed by atoms with Gasteiger partial charge in [0.15, 0.2) is 0 Å². The number of nitrogens with two attached hydrogens (primary N) is 1. The highest BCUT2D eigenvalue weighted by molar-refractivity contribution is 5.43. The monoisotopic (exact) mass is 235 g/mol. The lowest BCUT2D eigenvalue weighted by Gasteiger charge is -2.28. The van der Waals surface area contributed by atoms with E-state index in [4.69, 9.17) is 5.73 Å². The fourth-order valence-electron chi connectivity index (χ4n) is 2.14. The Morgan fingerprint density at radius 3 is 2.35 bits per heavy atom. The molecule has 2 N–H and O–H groups in total. The normalized spacial score (nSPS) is 10.9. The summed E-state index contributed by atoms with van der Waals surface area (Å²) in [6, 6.07) is 4.77. The number of rotatable bonds is 6. The Balaban J connectivity index is 3.02. The van der Waals surface area contributed by atoms with Crippen LogP contribution in [0.5, 0.6) is 0 Å². The van der Waals surface area contributed by atoms with Crippen molar-refractivity contribution in [2.24, 2.45) is 5.73 Å². The molecule has 0 aliphatic rings. The Morgan fingerprint density at radius 1 is 1.24 bits per heavy atom. The third-order valence-corrected chi connectivity index (χ3v) is 3.37. The number of hydrogen-bond donors (Lipinski definition) is 1. The Bertz CT molecular complexity index is 323. The van der Waals surface area contributed by atoms with Crippen LogP contribution in [0.1, 0.15) is 44.9 Å². The molecule has 0 radical (unpaired) electrons. The molecule has 0 aliphatic carbocycles. The van der Waals surface area contributed by atoms with E-state index >= 15 is 0 Å². The Kier molecular flexibility index (Phi) is 5.42. The van der Waals surface area contributed by atoms with Crippen LogP contribution in [-0.2, 0) is 13.0 Å². The van der Waals surface area contributed by atoms with Crippen molar-refractivity contribution < 1.29 is 0 Å². The van der Waals surface area contributed by atoms with Gasteiger partial charge < -0.3 is 10.6 Å². The van der Waals surface area contributed by atoms with Gasteiger partial charge >= 0.3 is 0 Å². The summed E-state index contributed by atoms with van der Waals surface area (Å²) in [5.74, 6) is 1.05. The van der Waals surface area contributed by atoms with Gasteiger partial charge in [-0.1, -0.05) is 20.8 Å². The lowest BCUT2D eigenvalue weighted by molar-refractivity contribution is 0.586. The number of anilines is 1. The quantitative estimate of drug-likeness (QED) is 0.824. The maximum Gasteiger partial charge on any atom is 0.129 e. The zero-order valence-corrected chi connectivity index (χ0v) is 11.5. The van der Waals surface area contributed by atoms with Crippen LogP contribution in [0, 0.1) is 0 Å². The van der Waals surface area contributed by atoms with Gasteiger partial charge in [0.05, 0.1) is 0 Å². The second-order valence-electron chi connectivity index (χ2n) is 4.46. The molecular formula is C14H25N3. The number of pyridine rings is 1. The summed E-state index contributed by atoms with van der Waals surface area (Å²) >= 11 is 0. The van der Waals surface area contributed by atoms with E-state index < -0.39 is 0 Å². The zero-order valence-electron chi connectivity index (χ0n) is 11.5.